The fourth-order valence-electron chi connectivity index (χ4n) is 2.52. The van der Waals surface area contributed by atoms with Crippen molar-refractivity contribution < 1.29 is 4.79 Å². The lowest BCUT2D eigenvalue weighted by molar-refractivity contribution is -0.122. The van der Waals surface area contributed by atoms with Crippen molar-refractivity contribution in [1.82, 2.24) is 10.3 Å². The molecule has 4 heteroatoms. The standard InChI is InChI=1S/C16H17N3O/c1-11-5-4-8-17-15(11)10-19-16(20)13-9-18-14-7-3-2-6-12(13)14/h2-8,13,18H,9-10H2,1H3,(H,19,20). The van der Waals surface area contributed by atoms with Crippen LogP contribution >= 0.6 is 0 Å². The van der Waals surface area contributed by atoms with Crippen LogP contribution in [-0.4, -0.2) is 17.4 Å². The summed E-state index contributed by atoms with van der Waals surface area (Å²) in [7, 11) is 0. The number of aromatic nitrogens is 1. The number of para-hydroxylation sites is 1. The Bertz CT molecular complexity index is 639. The SMILES string of the molecule is Cc1cccnc1CNC(=O)C1CNc2ccccc21. The van der Waals surface area contributed by atoms with Gasteiger partial charge in [0, 0.05) is 18.4 Å². The van der Waals surface area contributed by atoms with Crippen molar-refractivity contribution in [2.45, 2.75) is 19.4 Å². The summed E-state index contributed by atoms with van der Waals surface area (Å²) in [6.45, 7) is 3.14. The minimum Gasteiger partial charge on any atom is -0.384 e. The van der Waals surface area contributed by atoms with Gasteiger partial charge in [0.2, 0.25) is 5.91 Å². The van der Waals surface area contributed by atoms with E-state index < -0.39 is 0 Å². The van der Waals surface area contributed by atoms with Crippen LogP contribution < -0.4 is 10.6 Å². The van der Waals surface area contributed by atoms with Crippen LogP contribution in [0.25, 0.3) is 0 Å². The highest BCUT2D eigenvalue weighted by atomic mass is 16.1. The maximum atomic E-state index is 12.3. The molecule has 1 aliphatic rings. The molecule has 1 unspecified atom stereocenters. The molecule has 20 heavy (non-hydrogen) atoms. The number of aryl methyl sites for hydroxylation is 1. The minimum absolute atomic E-state index is 0.0486. The van der Waals surface area contributed by atoms with Crippen LogP contribution in [0.5, 0.6) is 0 Å². The Hall–Kier alpha value is -2.36. The Labute approximate surface area is 118 Å². The number of hydrogen-bond donors (Lipinski definition) is 2. The fourth-order valence-corrected chi connectivity index (χ4v) is 2.52. The molecule has 1 aromatic heterocycles. The maximum absolute atomic E-state index is 12.3. The van der Waals surface area contributed by atoms with Crippen molar-refractivity contribution in [2.24, 2.45) is 0 Å². The van der Waals surface area contributed by atoms with E-state index in [1.165, 1.54) is 0 Å². The molecule has 0 saturated heterocycles. The first-order valence-electron chi connectivity index (χ1n) is 6.76. The van der Waals surface area contributed by atoms with E-state index in [4.69, 9.17) is 0 Å². The van der Waals surface area contributed by atoms with Gasteiger partial charge in [-0.3, -0.25) is 9.78 Å². The first-order valence-corrected chi connectivity index (χ1v) is 6.76. The van der Waals surface area contributed by atoms with Crippen LogP contribution in [-0.2, 0) is 11.3 Å². The normalized spacial score (nSPS) is 16.4. The predicted octanol–water partition coefficient (Wildman–Crippen LogP) is 2.22. The van der Waals surface area contributed by atoms with E-state index in [0.717, 1.165) is 22.5 Å². The number of amides is 1. The smallest absolute Gasteiger partial charge is 0.229 e. The molecule has 1 aromatic carbocycles. The van der Waals surface area contributed by atoms with Gasteiger partial charge in [-0.1, -0.05) is 24.3 Å². The molecule has 2 aromatic rings. The van der Waals surface area contributed by atoms with Crippen molar-refractivity contribution in [3.8, 4) is 0 Å². The summed E-state index contributed by atoms with van der Waals surface area (Å²) in [6.07, 6.45) is 1.75. The number of anilines is 1. The van der Waals surface area contributed by atoms with Crippen LogP contribution in [0.4, 0.5) is 5.69 Å². The van der Waals surface area contributed by atoms with E-state index in [-0.39, 0.29) is 11.8 Å². The highest BCUT2D eigenvalue weighted by Crippen LogP contribution is 2.30. The van der Waals surface area contributed by atoms with Gasteiger partial charge in [-0.25, -0.2) is 0 Å². The minimum atomic E-state index is -0.116. The molecule has 0 fully saturated rings. The average Bonchev–Trinajstić information content (AvgIpc) is 2.90. The molecule has 0 radical (unpaired) electrons. The number of nitrogens with one attached hydrogen (secondary N) is 2. The van der Waals surface area contributed by atoms with Crippen LogP contribution in [0.3, 0.4) is 0 Å². The monoisotopic (exact) mass is 267 g/mol. The molecule has 0 bridgehead atoms. The largest absolute Gasteiger partial charge is 0.384 e. The molecule has 1 amide bonds. The zero-order valence-corrected chi connectivity index (χ0v) is 11.4. The molecule has 1 aliphatic heterocycles. The summed E-state index contributed by atoms with van der Waals surface area (Å²) < 4.78 is 0. The topological polar surface area (TPSA) is 54.0 Å². The zero-order valence-electron chi connectivity index (χ0n) is 11.4. The van der Waals surface area contributed by atoms with Gasteiger partial charge in [-0.15, -0.1) is 0 Å². The van der Waals surface area contributed by atoms with Crippen LogP contribution in [0.1, 0.15) is 22.7 Å². The van der Waals surface area contributed by atoms with Crippen LogP contribution in [0.15, 0.2) is 42.6 Å². The Kier molecular flexibility index (Phi) is 3.37. The molecule has 2 N–H and O–H groups in total. The molecular weight excluding hydrogens is 250 g/mol. The van der Waals surface area contributed by atoms with E-state index >= 15 is 0 Å². The van der Waals surface area contributed by atoms with Crippen molar-refractivity contribution in [3.05, 3.63) is 59.4 Å². The lowest BCUT2D eigenvalue weighted by Gasteiger charge is -2.11. The number of benzene rings is 1. The average molecular weight is 267 g/mol. The molecule has 2 heterocycles. The van der Waals surface area contributed by atoms with E-state index in [1.54, 1.807) is 6.20 Å². The Morgan fingerprint density at radius 2 is 2.20 bits per heavy atom. The molecule has 0 spiro atoms. The van der Waals surface area contributed by atoms with Gasteiger partial charge in [-0.05, 0) is 30.2 Å². The lowest BCUT2D eigenvalue weighted by atomic mass is 10.0. The van der Waals surface area contributed by atoms with Gasteiger partial charge < -0.3 is 10.6 Å². The van der Waals surface area contributed by atoms with Crippen molar-refractivity contribution in [2.75, 3.05) is 11.9 Å². The fraction of sp³-hybridized carbons (Fsp3) is 0.250. The summed E-state index contributed by atoms with van der Waals surface area (Å²) in [6, 6.07) is 11.9. The highest BCUT2D eigenvalue weighted by molar-refractivity contribution is 5.88. The van der Waals surface area contributed by atoms with Gasteiger partial charge in [0.1, 0.15) is 0 Å². The Morgan fingerprint density at radius 1 is 1.35 bits per heavy atom. The summed E-state index contributed by atoms with van der Waals surface area (Å²) in [5.74, 6) is -0.0669. The second-order valence-electron chi connectivity index (χ2n) is 5.01. The molecule has 0 saturated carbocycles. The van der Waals surface area contributed by atoms with Gasteiger partial charge in [0.05, 0.1) is 18.2 Å². The van der Waals surface area contributed by atoms with Crippen molar-refractivity contribution in [1.29, 1.82) is 0 Å². The van der Waals surface area contributed by atoms with Gasteiger partial charge in [0.25, 0.3) is 0 Å². The molecule has 4 nitrogen and oxygen atoms in total. The van der Waals surface area contributed by atoms with Crippen molar-refractivity contribution in [3.63, 3.8) is 0 Å². The molecule has 0 aliphatic carbocycles. The summed E-state index contributed by atoms with van der Waals surface area (Å²) in [4.78, 5) is 16.6. The predicted molar refractivity (Wildman–Crippen MR) is 78.5 cm³/mol. The highest BCUT2D eigenvalue weighted by Gasteiger charge is 2.27. The van der Waals surface area contributed by atoms with Crippen LogP contribution in [0, 0.1) is 6.92 Å². The number of carbonyl (C=O) groups excluding carboxylic acids is 1. The van der Waals surface area contributed by atoms with E-state index in [0.29, 0.717) is 13.1 Å². The molecule has 3 rings (SSSR count). The summed E-state index contributed by atoms with van der Waals surface area (Å²) in [5, 5.41) is 6.25. The third-order valence-electron chi connectivity index (χ3n) is 3.70. The second kappa shape index (κ2) is 5.33. The van der Waals surface area contributed by atoms with Crippen LogP contribution in [0.2, 0.25) is 0 Å². The number of pyridine rings is 1. The van der Waals surface area contributed by atoms with E-state index in [1.807, 2.05) is 43.3 Å². The Morgan fingerprint density at radius 3 is 3.05 bits per heavy atom. The maximum Gasteiger partial charge on any atom is 0.229 e. The third-order valence-corrected chi connectivity index (χ3v) is 3.70. The second-order valence-corrected chi connectivity index (χ2v) is 5.01. The quantitative estimate of drug-likeness (QED) is 0.896. The molecular formula is C16H17N3O. The van der Waals surface area contributed by atoms with Gasteiger partial charge in [0.15, 0.2) is 0 Å². The molecule has 102 valence electrons. The summed E-state index contributed by atoms with van der Waals surface area (Å²) >= 11 is 0. The van der Waals surface area contributed by atoms with Gasteiger partial charge in [-0.2, -0.15) is 0 Å². The van der Waals surface area contributed by atoms with Crippen molar-refractivity contribution >= 4 is 11.6 Å². The number of rotatable bonds is 3. The number of carbonyl (C=O) groups is 1. The lowest BCUT2D eigenvalue weighted by Crippen LogP contribution is -2.30. The molecule has 1 atom stereocenters. The zero-order chi connectivity index (χ0) is 13.9. The van der Waals surface area contributed by atoms with E-state index in [9.17, 15) is 4.79 Å². The Balaban J connectivity index is 1.68. The first kappa shape index (κ1) is 12.7. The third kappa shape index (κ3) is 2.37. The van der Waals surface area contributed by atoms with E-state index in [2.05, 4.69) is 15.6 Å². The van der Waals surface area contributed by atoms with Gasteiger partial charge >= 0.3 is 0 Å². The summed E-state index contributed by atoms with van der Waals surface area (Å²) in [5.41, 5.74) is 4.14. The number of hydrogen-bond acceptors (Lipinski definition) is 3. The number of fused-ring (bicyclic) bond motifs is 1. The number of nitrogens with zero attached hydrogens (tertiary/aromatic N) is 1. The first-order chi connectivity index (χ1) is 9.75.